The smallest absolute Gasteiger partial charge is 0.245 e. The molecule has 1 aromatic heterocycles. The fourth-order valence-electron chi connectivity index (χ4n) is 2.32. The molecule has 3 N–H and O–H groups in total. The van der Waals surface area contributed by atoms with Gasteiger partial charge in [0.05, 0.1) is 27.1 Å². The first-order valence-corrected chi connectivity index (χ1v) is 6.77. The standard InChI is InChI=1S/C13H12Cl2N4O/c1-5-11(15)6(2)19(18-5)10-4-9-7(3-8(10)14)12(16)13(20)17-9/h3-4,12H,16H2,1-2H3,(H,17,20). The van der Waals surface area contributed by atoms with Gasteiger partial charge in [0.15, 0.2) is 0 Å². The van der Waals surface area contributed by atoms with Crippen LogP contribution in [0.25, 0.3) is 5.69 Å². The van der Waals surface area contributed by atoms with Gasteiger partial charge in [0.2, 0.25) is 5.91 Å². The molecule has 0 bridgehead atoms. The van der Waals surface area contributed by atoms with Gasteiger partial charge in [-0.25, -0.2) is 4.68 Å². The van der Waals surface area contributed by atoms with Crippen molar-refractivity contribution in [2.45, 2.75) is 19.9 Å². The van der Waals surface area contributed by atoms with E-state index in [9.17, 15) is 4.79 Å². The minimum Gasteiger partial charge on any atom is -0.324 e. The van der Waals surface area contributed by atoms with Crippen LogP contribution in [0, 0.1) is 13.8 Å². The number of benzene rings is 1. The molecular weight excluding hydrogens is 299 g/mol. The summed E-state index contributed by atoms with van der Waals surface area (Å²) in [5, 5.41) is 8.16. The Hall–Kier alpha value is -1.56. The van der Waals surface area contributed by atoms with E-state index in [4.69, 9.17) is 28.9 Å². The predicted molar refractivity (Wildman–Crippen MR) is 78.6 cm³/mol. The number of carbonyl (C=O) groups is 1. The molecule has 1 aromatic carbocycles. The van der Waals surface area contributed by atoms with Gasteiger partial charge in [-0.3, -0.25) is 4.79 Å². The number of halogens is 2. The first kappa shape index (κ1) is 13.4. The lowest BCUT2D eigenvalue weighted by Crippen LogP contribution is -2.19. The van der Waals surface area contributed by atoms with Gasteiger partial charge < -0.3 is 11.1 Å². The molecule has 2 aromatic rings. The molecule has 0 saturated heterocycles. The van der Waals surface area contributed by atoms with E-state index < -0.39 is 6.04 Å². The minimum absolute atomic E-state index is 0.236. The van der Waals surface area contributed by atoms with E-state index in [1.165, 1.54) is 0 Å². The maximum absolute atomic E-state index is 11.6. The van der Waals surface area contributed by atoms with Gasteiger partial charge in [0.25, 0.3) is 0 Å². The fraction of sp³-hybridized carbons (Fsp3) is 0.231. The third-order valence-electron chi connectivity index (χ3n) is 3.43. The quantitative estimate of drug-likeness (QED) is 0.850. The highest BCUT2D eigenvalue weighted by atomic mass is 35.5. The molecule has 1 aliphatic rings. The number of anilines is 1. The Kier molecular flexibility index (Phi) is 3.01. The lowest BCUT2D eigenvalue weighted by molar-refractivity contribution is -0.116. The number of nitrogens with one attached hydrogen (secondary N) is 1. The highest BCUT2D eigenvalue weighted by Crippen LogP contribution is 2.36. The molecule has 0 spiro atoms. The number of rotatable bonds is 1. The predicted octanol–water partition coefficient (Wildman–Crippen LogP) is 2.75. The second-order valence-electron chi connectivity index (χ2n) is 4.75. The van der Waals surface area contributed by atoms with Crippen LogP contribution >= 0.6 is 23.2 Å². The minimum atomic E-state index is -0.680. The summed E-state index contributed by atoms with van der Waals surface area (Å²) in [7, 11) is 0. The number of hydrogen-bond acceptors (Lipinski definition) is 3. The number of nitrogens with zero attached hydrogens (tertiary/aromatic N) is 2. The Bertz CT molecular complexity index is 738. The van der Waals surface area contributed by atoms with Crippen LogP contribution in [0.15, 0.2) is 12.1 Å². The van der Waals surface area contributed by atoms with Crippen LogP contribution in [0.2, 0.25) is 10.0 Å². The van der Waals surface area contributed by atoms with Crippen molar-refractivity contribution in [3.63, 3.8) is 0 Å². The summed E-state index contributed by atoms with van der Waals surface area (Å²) >= 11 is 12.4. The lowest BCUT2D eigenvalue weighted by Gasteiger charge is -2.10. The van der Waals surface area contributed by atoms with Crippen molar-refractivity contribution in [3.8, 4) is 5.69 Å². The Morgan fingerprint density at radius 3 is 2.65 bits per heavy atom. The van der Waals surface area contributed by atoms with E-state index in [0.29, 0.717) is 27.0 Å². The monoisotopic (exact) mass is 310 g/mol. The molecule has 0 saturated carbocycles. The molecule has 1 atom stereocenters. The summed E-state index contributed by atoms with van der Waals surface area (Å²) in [5.74, 6) is -0.236. The third-order valence-corrected chi connectivity index (χ3v) is 4.28. The van der Waals surface area contributed by atoms with Crippen molar-refractivity contribution < 1.29 is 4.79 Å². The van der Waals surface area contributed by atoms with E-state index in [1.54, 1.807) is 16.8 Å². The van der Waals surface area contributed by atoms with Crippen LogP contribution in [-0.2, 0) is 4.79 Å². The molecule has 104 valence electrons. The normalized spacial score (nSPS) is 17.2. The van der Waals surface area contributed by atoms with Crippen LogP contribution in [0.1, 0.15) is 23.0 Å². The van der Waals surface area contributed by atoms with Gasteiger partial charge >= 0.3 is 0 Å². The average Bonchev–Trinajstić information content (AvgIpc) is 2.82. The summed E-state index contributed by atoms with van der Waals surface area (Å²) < 4.78 is 1.66. The van der Waals surface area contributed by atoms with E-state index in [0.717, 1.165) is 11.4 Å². The summed E-state index contributed by atoms with van der Waals surface area (Å²) in [5.41, 5.74) is 9.31. The van der Waals surface area contributed by atoms with Crippen molar-refractivity contribution in [1.82, 2.24) is 9.78 Å². The first-order chi connectivity index (χ1) is 9.40. The second kappa shape index (κ2) is 4.48. The molecule has 7 heteroatoms. The second-order valence-corrected chi connectivity index (χ2v) is 5.54. The van der Waals surface area contributed by atoms with E-state index in [1.807, 2.05) is 13.8 Å². The van der Waals surface area contributed by atoms with Crippen LogP contribution < -0.4 is 11.1 Å². The molecule has 3 rings (SSSR count). The zero-order valence-electron chi connectivity index (χ0n) is 10.9. The molecule has 0 aliphatic carbocycles. The Morgan fingerprint density at radius 1 is 1.35 bits per heavy atom. The molecule has 1 aliphatic heterocycles. The Morgan fingerprint density at radius 2 is 2.05 bits per heavy atom. The number of aromatic nitrogens is 2. The number of aryl methyl sites for hydroxylation is 1. The number of fused-ring (bicyclic) bond motifs is 1. The van der Waals surface area contributed by atoms with Gasteiger partial charge in [-0.05, 0) is 26.0 Å². The number of hydrogen-bond donors (Lipinski definition) is 2. The highest BCUT2D eigenvalue weighted by molar-refractivity contribution is 6.33. The maximum atomic E-state index is 11.6. The topological polar surface area (TPSA) is 72.9 Å². The number of amides is 1. The molecule has 5 nitrogen and oxygen atoms in total. The Balaban J connectivity index is 2.19. The van der Waals surface area contributed by atoms with Crippen molar-refractivity contribution >= 4 is 34.8 Å². The van der Waals surface area contributed by atoms with Gasteiger partial charge in [-0.1, -0.05) is 23.2 Å². The van der Waals surface area contributed by atoms with Crippen molar-refractivity contribution in [2.24, 2.45) is 5.73 Å². The van der Waals surface area contributed by atoms with Crippen LogP contribution in [0.4, 0.5) is 5.69 Å². The zero-order chi connectivity index (χ0) is 14.6. The summed E-state index contributed by atoms with van der Waals surface area (Å²) in [6, 6.07) is 2.78. The molecule has 1 unspecified atom stereocenters. The van der Waals surface area contributed by atoms with E-state index in [2.05, 4.69) is 10.4 Å². The van der Waals surface area contributed by atoms with Gasteiger partial charge in [0.1, 0.15) is 6.04 Å². The van der Waals surface area contributed by atoms with Crippen molar-refractivity contribution in [2.75, 3.05) is 5.32 Å². The van der Waals surface area contributed by atoms with Crippen LogP contribution in [-0.4, -0.2) is 15.7 Å². The molecule has 20 heavy (non-hydrogen) atoms. The Labute approximate surface area is 125 Å². The third kappa shape index (κ3) is 1.82. The van der Waals surface area contributed by atoms with E-state index in [-0.39, 0.29) is 5.91 Å². The summed E-state index contributed by atoms with van der Waals surface area (Å²) in [6.07, 6.45) is 0. The molecule has 2 heterocycles. The fourth-order valence-corrected chi connectivity index (χ4v) is 2.69. The van der Waals surface area contributed by atoms with Gasteiger partial charge in [0, 0.05) is 11.3 Å². The summed E-state index contributed by atoms with van der Waals surface area (Å²) in [4.78, 5) is 11.6. The maximum Gasteiger partial charge on any atom is 0.245 e. The van der Waals surface area contributed by atoms with Gasteiger partial charge in [-0.2, -0.15) is 5.10 Å². The average molecular weight is 311 g/mol. The van der Waals surface area contributed by atoms with Crippen molar-refractivity contribution in [3.05, 3.63) is 39.1 Å². The zero-order valence-corrected chi connectivity index (χ0v) is 12.4. The molecular formula is C13H12Cl2N4O. The molecule has 0 fully saturated rings. The van der Waals surface area contributed by atoms with Gasteiger partial charge in [-0.15, -0.1) is 0 Å². The summed E-state index contributed by atoms with van der Waals surface area (Å²) in [6.45, 7) is 3.68. The van der Waals surface area contributed by atoms with Crippen molar-refractivity contribution in [1.29, 1.82) is 0 Å². The van der Waals surface area contributed by atoms with E-state index >= 15 is 0 Å². The van der Waals surface area contributed by atoms with Crippen LogP contribution in [0.3, 0.4) is 0 Å². The van der Waals surface area contributed by atoms with Crippen LogP contribution in [0.5, 0.6) is 0 Å². The number of carbonyl (C=O) groups excluding carboxylic acids is 1. The molecule has 1 amide bonds. The lowest BCUT2D eigenvalue weighted by atomic mass is 10.1. The largest absolute Gasteiger partial charge is 0.324 e. The SMILES string of the molecule is Cc1nn(-c2cc3c(cc2Cl)C(N)C(=O)N3)c(C)c1Cl. The molecule has 0 radical (unpaired) electrons. The highest BCUT2D eigenvalue weighted by Gasteiger charge is 2.29. The number of nitrogens with two attached hydrogens (primary N) is 1. The first-order valence-electron chi connectivity index (χ1n) is 6.02.